The van der Waals surface area contributed by atoms with E-state index in [9.17, 15) is 9.90 Å². The van der Waals surface area contributed by atoms with E-state index >= 15 is 0 Å². The zero-order chi connectivity index (χ0) is 24.1. The summed E-state index contributed by atoms with van der Waals surface area (Å²) in [5, 5.41) is 12.3. The molecule has 3 rings (SSSR count). The second-order valence-electron chi connectivity index (χ2n) is 8.95. The molecular weight excluding hydrogens is 421 g/mol. The lowest BCUT2D eigenvalue weighted by Crippen LogP contribution is -2.41. The zero-order valence-electron chi connectivity index (χ0n) is 19.9. The average Bonchev–Trinajstić information content (AvgIpc) is 3.02. The van der Waals surface area contributed by atoms with Gasteiger partial charge in [0.15, 0.2) is 0 Å². The number of aliphatic hydroxyl groups is 1. The molecule has 176 valence electrons. The number of amides is 1. The predicted octanol–water partition coefficient (Wildman–Crippen LogP) is 4.13. The molecule has 1 amide bonds. The summed E-state index contributed by atoms with van der Waals surface area (Å²) in [7, 11) is 0.912. The van der Waals surface area contributed by atoms with Gasteiger partial charge in [-0.3, -0.25) is 0 Å². The molecule has 0 aliphatic carbocycles. The normalized spacial score (nSPS) is 17.0. The van der Waals surface area contributed by atoms with E-state index in [-0.39, 0.29) is 19.8 Å². The minimum atomic E-state index is -0.645. The first-order valence-corrected chi connectivity index (χ1v) is 10.9. The van der Waals surface area contributed by atoms with Crippen LogP contribution in [0.15, 0.2) is 54.0 Å². The molecule has 7 nitrogen and oxygen atoms in total. The maximum atomic E-state index is 12.3. The lowest BCUT2D eigenvalue weighted by molar-refractivity contribution is 0.00578. The predicted molar refractivity (Wildman–Crippen MR) is 128 cm³/mol. The van der Waals surface area contributed by atoms with Crippen molar-refractivity contribution in [2.75, 3.05) is 13.7 Å². The van der Waals surface area contributed by atoms with E-state index in [1.54, 1.807) is 13.2 Å². The molecule has 0 spiro atoms. The van der Waals surface area contributed by atoms with Gasteiger partial charge in [0.2, 0.25) is 0 Å². The van der Waals surface area contributed by atoms with E-state index in [1.165, 1.54) is 0 Å². The second-order valence-corrected chi connectivity index (χ2v) is 8.95. The molecule has 0 atom stereocenters. The highest BCUT2D eigenvalue weighted by atomic mass is 16.7. The van der Waals surface area contributed by atoms with Gasteiger partial charge in [0, 0.05) is 12.1 Å². The first-order valence-electron chi connectivity index (χ1n) is 10.9. The number of hydrogen-bond acceptors (Lipinski definition) is 6. The van der Waals surface area contributed by atoms with Crippen LogP contribution in [0.4, 0.5) is 4.79 Å². The Morgan fingerprint density at radius 2 is 1.76 bits per heavy atom. The fourth-order valence-electron chi connectivity index (χ4n) is 3.34. The molecule has 1 saturated heterocycles. The van der Waals surface area contributed by atoms with Crippen molar-refractivity contribution in [3.05, 3.63) is 70.7 Å². The molecule has 0 bridgehead atoms. The summed E-state index contributed by atoms with van der Waals surface area (Å²) < 4.78 is 23.1. The maximum absolute atomic E-state index is 12.3. The lowest BCUT2D eigenvalue weighted by atomic mass is 9.77. The minimum absolute atomic E-state index is 0.119. The van der Waals surface area contributed by atoms with Crippen molar-refractivity contribution >= 4 is 19.3 Å². The van der Waals surface area contributed by atoms with Crippen molar-refractivity contribution in [3.8, 4) is 5.75 Å². The number of rotatable bonds is 8. The average molecular weight is 453 g/mol. The monoisotopic (exact) mass is 453 g/mol. The van der Waals surface area contributed by atoms with Crippen LogP contribution in [0.25, 0.3) is 6.08 Å². The van der Waals surface area contributed by atoms with E-state index in [1.807, 2.05) is 76.2 Å². The van der Waals surface area contributed by atoms with Gasteiger partial charge >= 0.3 is 13.2 Å². The Morgan fingerprint density at radius 1 is 1.09 bits per heavy atom. The van der Waals surface area contributed by atoms with Gasteiger partial charge in [-0.05, 0) is 50.4 Å². The summed E-state index contributed by atoms with van der Waals surface area (Å²) in [5.74, 6) is 0.578. The molecule has 0 radical (unpaired) electrons. The number of carbonyl (C=O) groups is 1. The molecule has 1 heterocycles. The van der Waals surface area contributed by atoms with Crippen molar-refractivity contribution in [2.24, 2.45) is 0 Å². The van der Waals surface area contributed by atoms with Gasteiger partial charge < -0.3 is 29.2 Å². The topological polar surface area (TPSA) is 86.3 Å². The highest BCUT2D eigenvalue weighted by molar-refractivity contribution is 6.56. The van der Waals surface area contributed by atoms with E-state index < -0.39 is 24.4 Å². The first-order chi connectivity index (χ1) is 15.6. The van der Waals surface area contributed by atoms with Crippen LogP contribution in [-0.2, 0) is 27.3 Å². The van der Waals surface area contributed by atoms with Crippen LogP contribution in [0, 0.1) is 0 Å². The van der Waals surface area contributed by atoms with Gasteiger partial charge in [-0.1, -0.05) is 48.5 Å². The molecule has 2 aromatic rings. The number of nitrogens with one attached hydrogen (secondary N) is 1. The Kier molecular flexibility index (Phi) is 7.84. The van der Waals surface area contributed by atoms with E-state index in [2.05, 4.69) is 5.32 Å². The molecule has 2 N–H and O–H groups in total. The molecular formula is C25H32BNO6. The van der Waals surface area contributed by atoms with Crippen molar-refractivity contribution in [3.63, 3.8) is 0 Å². The number of benzene rings is 2. The van der Waals surface area contributed by atoms with Gasteiger partial charge in [-0.15, -0.1) is 0 Å². The zero-order valence-corrected chi connectivity index (χ0v) is 19.9. The van der Waals surface area contributed by atoms with Crippen LogP contribution < -0.4 is 10.1 Å². The van der Waals surface area contributed by atoms with Crippen LogP contribution >= 0.6 is 0 Å². The summed E-state index contributed by atoms with van der Waals surface area (Å²) in [6.45, 7) is 8.15. The number of methoxy groups -OCH3 is 1. The molecule has 0 unspecified atom stereocenters. The van der Waals surface area contributed by atoms with Gasteiger partial charge in [-0.2, -0.15) is 0 Å². The van der Waals surface area contributed by atoms with Crippen molar-refractivity contribution < 1.29 is 28.7 Å². The molecule has 0 aromatic heterocycles. The quantitative estimate of drug-likeness (QED) is 0.585. The third-order valence-corrected chi connectivity index (χ3v) is 6.04. The Bertz CT molecular complexity index is 974. The van der Waals surface area contributed by atoms with Crippen molar-refractivity contribution in [1.82, 2.24) is 5.32 Å². The second kappa shape index (κ2) is 10.4. The van der Waals surface area contributed by atoms with Crippen molar-refractivity contribution in [2.45, 2.75) is 52.1 Å². The van der Waals surface area contributed by atoms with Crippen LogP contribution in [0.1, 0.15) is 44.4 Å². The first kappa shape index (κ1) is 24.8. The Hall–Kier alpha value is -2.81. The Morgan fingerprint density at radius 3 is 2.36 bits per heavy atom. The highest BCUT2D eigenvalue weighted by Crippen LogP contribution is 2.39. The molecule has 2 aromatic carbocycles. The Balaban J connectivity index is 1.77. The van der Waals surface area contributed by atoms with Gasteiger partial charge in [-0.25, -0.2) is 4.79 Å². The number of alkyl carbamates (subject to hydrolysis) is 1. The summed E-state index contributed by atoms with van der Waals surface area (Å²) >= 11 is 0. The molecule has 8 heteroatoms. The van der Waals surface area contributed by atoms with Crippen LogP contribution in [0.3, 0.4) is 0 Å². The van der Waals surface area contributed by atoms with Gasteiger partial charge in [0.05, 0.1) is 24.9 Å². The molecule has 1 fully saturated rings. The van der Waals surface area contributed by atoms with Crippen LogP contribution in [0.2, 0.25) is 0 Å². The molecule has 33 heavy (non-hydrogen) atoms. The maximum Gasteiger partial charge on any atom is 0.492 e. The van der Waals surface area contributed by atoms with Gasteiger partial charge in [0.1, 0.15) is 12.4 Å². The summed E-state index contributed by atoms with van der Waals surface area (Å²) in [6, 6.07) is 15.0. The fourth-order valence-corrected chi connectivity index (χ4v) is 3.34. The van der Waals surface area contributed by atoms with E-state index in [0.29, 0.717) is 11.3 Å². The van der Waals surface area contributed by atoms with Crippen LogP contribution in [0.5, 0.6) is 5.75 Å². The Labute approximate surface area is 195 Å². The molecule has 0 saturated carbocycles. The summed E-state index contributed by atoms with van der Waals surface area (Å²) in [5.41, 5.74) is 2.10. The standard InChI is InChI=1S/C25H32BNO6/c1-24(2)25(3,4)33-26(32-24)21(13-19-11-12-20(16-28)22(14-19)30-5)15-27-23(29)31-17-18-9-7-6-8-10-18/h6-14,28H,15-17H2,1-5H3,(H,27,29). The third-order valence-electron chi connectivity index (χ3n) is 6.04. The fraction of sp³-hybridized carbons (Fsp3) is 0.400. The lowest BCUT2D eigenvalue weighted by Gasteiger charge is -2.32. The summed E-state index contributed by atoms with van der Waals surface area (Å²) in [6.07, 6.45) is 1.36. The third kappa shape index (κ3) is 6.16. The van der Waals surface area contributed by atoms with E-state index in [0.717, 1.165) is 16.6 Å². The molecule has 1 aliphatic heterocycles. The number of carbonyl (C=O) groups excluding carboxylic acids is 1. The number of aliphatic hydroxyl groups excluding tert-OH is 1. The SMILES string of the molecule is COc1cc(C=C(CNC(=O)OCc2ccccc2)B2OC(C)(C)C(C)(C)O2)ccc1CO. The molecule has 1 aliphatic rings. The minimum Gasteiger partial charge on any atom is -0.496 e. The van der Waals surface area contributed by atoms with Gasteiger partial charge in [0.25, 0.3) is 0 Å². The number of hydrogen-bond donors (Lipinski definition) is 2. The highest BCUT2D eigenvalue weighted by Gasteiger charge is 2.52. The summed E-state index contributed by atoms with van der Waals surface area (Å²) in [4.78, 5) is 12.3. The van der Waals surface area contributed by atoms with Crippen LogP contribution in [-0.4, -0.2) is 43.2 Å². The number of ether oxygens (including phenoxy) is 2. The largest absolute Gasteiger partial charge is 0.496 e. The smallest absolute Gasteiger partial charge is 0.492 e. The van der Waals surface area contributed by atoms with Crippen molar-refractivity contribution in [1.29, 1.82) is 0 Å². The van der Waals surface area contributed by atoms with E-state index in [4.69, 9.17) is 18.8 Å².